The average molecular weight is 331 g/mol. The molecule has 116 valence electrons. The SMILES string of the molecule is CC(C)C[C@H](N)C(=O)Nc1ccnc2ccncc12.Cl.Cl. The summed E-state index contributed by atoms with van der Waals surface area (Å²) in [5.41, 5.74) is 7.36. The summed E-state index contributed by atoms with van der Waals surface area (Å²) in [6, 6.07) is 3.06. The Balaban J connectivity index is 0.00000200. The molecule has 1 amide bonds. The molecule has 0 radical (unpaired) electrons. The molecular weight excluding hydrogens is 311 g/mol. The summed E-state index contributed by atoms with van der Waals surface area (Å²) in [5, 5.41) is 3.66. The van der Waals surface area contributed by atoms with Crippen LogP contribution in [0.4, 0.5) is 5.69 Å². The molecule has 2 heterocycles. The highest BCUT2D eigenvalue weighted by Crippen LogP contribution is 2.20. The molecule has 7 heteroatoms. The van der Waals surface area contributed by atoms with Crippen molar-refractivity contribution in [2.24, 2.45) is 11.7 Å². The molecule has 0 unspecified atom stereocenters. The second-order valence-electron chi connectivity index (χ2n) is 4.98. The number of amides is 1. The van der Waals surface area contributed by atoms with E-state index in [9.17, 15) is 4.79 Å². The highest BCUT2D eigenvalue weighted by atomic mass is 35.5. The number of hydrogen-bond donors (Lipinski definition) is 2. The highest BCUT2D eigenvalue weighted by Gasteiger charge is 2.16. The van der Waals surface area contributed by atoms with Gasteiger partial charge in [-0.1, -0.05) is 13.8 Å². The maximum atomic E-state index is 12.0. The van der Waals surface area contributed by atoms with E-state index in [1.165, 1.54) is 0 Å². The maximum Gasteiger partial charge on any atom is 0.241 e. The van der Waals surface area contributed by atoms with Crippen molar-refractivity contribution in [1.82, 2.24) is 9.97 Å². The van der Waals surface area contributed by atoms with E-state index in [4.69, 9.17) is 5.73 Å². The number of carbonyl (C=O) groups excluding carboxylic acids is 1. The number of nitrogens with zero attached hydrogens (tertiary/aromatic N) is 2. The Morgan fingerprint density at radius 3 is 2.67 bits per heavy atom. The zero-order valence-electron chi connectivity index (χ0n) is 11.9. The van der Waals surface area contributed by atoms with Crippen LogP contribution in [0.5, 0.6) is 0 Å². The minimum absolute atomic E-state index is 0. The molecule has 0 aliphatic heterocycles. The second-order valence-corrected chi connectivity index (χ2v) is 4.98. The fraction of sp³-hybridized carbons (Fsp3) is 0.357. The van der Waals surface area contributed by atoms with Gasteiger partial charge in [-0.25, -0.2) is 0 Å². The molecule has 0 aliphatic carbocycles. The lowest BCUT2D eigenvalue weighted by atomic mass is 10.0. The van der Waals surface area contributed by atoms with Gasteiger partial charge in [0.1, 0.15) is 0 Å². The van der Waals surface area contributed by atoms with E-state index in [1.54, 1.807) is 30.7 Å². The molecule has 2 aromatic rings. The summed E-state index contributed by atoms with van der Waals surface area (Å²) in [4.78, 5) is 20.3. The first-order valence-corrected chi connectivity index (χ1v) is 6.33. The number of fused-ring (bicyclic) bond motifs is 1. The van der Waals surface area contributed by atoms with Gasteiger partial charge in [-0.05, 0) is 24.5 Å². The Bertz CT molecular complexity index is 587. The van der Waals surface area contributed by atoms with Crippen molar-refractivity contribution >= 4 is 47.3 Å². The van der Waals surface area contributed by atoms with E-state index in [0.717, 1.165) is 10.9 Å². The zero-order chi connectivity index (χ0) is 13.8. The van der Waals surface area contributed by atoms with Gasteiger partial charge in [-0.2, -0.15) is 0 Å². The topological polar surface area (TPSA) is 80.9 Å². The first-order chi connectivity index (χ1) is 9.08. The Morgan fingerprint density at radius 2 is 2.00 bits per heavy atom. The number of pyridine rings is 2. The van der Waals surface area contributed by atoms with Crippen molar-refractivity contribution in [2.75, 3.05) is 5.32 Å². The van der Waals surface area contributed by atoms with Gasteiger partial charge in [0.2, 0.25) is 5.91 Å². The highest BCUT2D eigenvalue weighted by molar-refractivity contribution is 6.02. The minimum atomic E-state index is -0.500. The Morgan fingerprint density at radius 1 is 1.29 bits per heavy atom. The molecule has 0 aliphatic rings. The fourth-order valence-electron chi connectivity index (χ4n) is 1.94. The normalized spacial score (nSPS) is 11.4. The lowest BCUT2D eigenvalue weighted by Gasteiger charge is -2.14. The van der Waals surface area contributed by atoms with Crippen molar-refractivity contribution in [2.45, 2.75) is 26.3 Å². The van der Waals surface area contributed by atoms with Gasteiger partial charge in [-0.3, -0.25) is 14.8 Å². The largest absolute Gasteiger partial charge is 0.324 e. The van der Waals surface area contributed by atoms with Crippen LogP contribution >= 0.6 is 24.8 Å². The molecule has 0 bridgehead atoms. The third kappa shape index (κ3) is 5.12. The first-order valence-electron chi connectivity index (χ1n) is 6.33. The summed E-state index contributed by atoms with van der Waals surface area (Å²) in [7, 11) is 0. The number of hydrogen-bond acceptors (Lipinski definition) is 4. The number of halogens is 2. The van der Waals surface area contributed by atoms with Crippen LogP contribution in [-0.4, -0.2) is 21.9 Å². The molecule has 0 fully saturated rings. The second kappa shape index (κ2) is 8.77. The van der Waals surface area contributed by atoms with Gasteiger partial charge < -0.3 is 11.1 Å². The van der Waals surface area contributed by atoms with E-state index in [0.29, 0.717) is 18.0 Å². The maximum absolute atomic E-state index is 12.0. The van der Waals surface area contributed by atoms with Gasteiger partial charge in [-0.15, -0.1) is 24.8 Å². The zero-order valence-corrected chi connectivity index (χ0v) is 13.6. The predicted molar refractivity (Wildman–Crippen MR) is 90.1 cm³/mol. The Kier molecular flexibility index (Phi) is 8.17. The van der Waals surface area contributed by atoms with E-state index in [1.807, 2.05) is 13.8 Å². The monoisotopic (exact) mass is 330 g/mol. The van der Waals surface area contributed by atoms with Crippen LogP contribution in [0.2, 0.25) is 0 Å². The Labute approximate surface area is 136 Å². The average Bonchev–Trinajstić information content (AvgIpc) is 2.38. The van der Waals surface area contributed by atoms with Crippen LogP contribution in [0.3, 0.4) is 0 Å². The molecule has 2 rings (SSSR count). The number of carbonyl (C=O) groups is 1. The summed E-state index contributed by atoms with van der Waals surface area (Å²) in [6.07, 6.45) is 5.68. The molecule has 0 saturated carbocycles. The standard InChI is InChI=1S/C14H18N4O.2ClH/c1-9(2)7-11(15)14(19)18-13-4-6-17-12-3-5-16-8-10(12)13;;/h3-6,8-9,11H,7,15H2,1-2H3,(H,17,18,19);2*1H/t11-;;/m0../s1. The summed E-state index contributed by atoms with van der Waals surface area (Å²) >= 11 is 0. The fourth-order valence-corrected chi connectivity index (χ4v) is 1.94. The number of nitrogens with two attached hydrogens (primary N) is 1. The van der Waals surface area contributed by atoms with Crippen LogP contribution in [0.1, 0.15) is 20.3 Å². The number of nitrogens with one attached hydrogen (secondary N) is 1. The molecule has 1 atom stereocenters. The van der Waals surface area contributed by atoms with Gasteiger partial charge in [0, 0.05) is 24.0 Å². The molecule has 0 spiro atoms. The third-order valence-corrected chi connectivity index (χ3v) is 2.86. The van der Waals surface area contributed by atoms with Crippen molar-refractivity contribution in [1.29, 1.82) is 0 Å². The van der Waals surface area contributed by atoms with Gasteiger partial charge in [0.05, 0.1) is 17.2 Å². The van der Waals surface area contributed by atoms with Crippen molar-refractivity contribution in [3.05, 3.63) is 30.7 Å². The van der Waals surface area contributed by atoms with Gasteiger partial charge >= 0.3 is 0 Å². The quantitative estimate of drug-likeness (QED) is 0.903. The van der Waals surface area contributed by atoms with E-state index >= 15 is 0 Å². The molecule has 0 saturated heterocycles. The molecule has 0 aromatic carbocycles. The third-order valence-electron chi connectivity index (χ3n) is 2.86. The smallest absolute Gasteiger partial charge is 0.241 e. The van der Waals surface area contributed by atoms with Gasteiger partial charge in [0.15, 0.2) is 0 Å². The van der Waals surface area contributed by atoms with Crippen LogP contribution in [0, 0.1) is 5.92 Å². The first kappa shape index (κ1) is 19.6. The van der Waals surface area contributed by atoms with E-state index < -0.39 is 6.04 Å². The molecule has 2 aromatic heterocycles. The number of rotatable bonds is 4. The number of anilines is 1. The van der Waals surface area contributed by atoms with Crippen molar-refractivity contribution in [3.63, 3.8) is 0 Å². The number of aromatic nitrogens is 2. The van der Waals surface area contributed by atoms with Crippen molar-refractivity contribution < 1.29 is 4.79 Å². The lowest BCUT2D eigenvalue weighted by molar-refractivity contribution is -0.117. The van der Waals surface area contributed by atoms with Crippen LogP contribution < -0.4 is 11.1 Å². The van der Waals surface area contributed by atoms with Crippen LogP contribution in [-0.2, 0) is 4.79 Å². The van der Waals surface area contributed by atoms with Crippen molar-refractivity contribution in [3.8, 4) is 0 Å². The van der Waals surface area contributed by atoms with Crippen LogP contribution in [0.25, 0.3) is 10.9 Å². The molecule has 5 nitrogen and oxygen atoms in total. The summed E-state index contributed by atoms with van der Waals surface area (Å²) in [5.74, 6) is 0.210. The molecule has 3 N–H and O–H groups in total. The summed E-state index contributed by atoms with van der Waals surface area (Å²) in [6.45, 7) is 4.08. The minimum Gasteiger partial charge on any atom is -0.324 e. The lowest BCUT2D eigenvalue weighted by Crippen LogP contribution is -2.36. The molecular formula is C14H20Cl2N4O. The molecule has 21 heavy (non-hydrogen) atoms. The van der Waals surface area contributed by atoms with E-state index in [-0.39, 0.29) is 30.7 Å². The van der Waals surface area contributed by atoms with E-state index in [2.05, 4.69) is 15.3 Å². The summed E-state index contributed by atoms with van der Waals surface area (Å²) < 4.78 is 0. The van der Waals surface area contributed by atoms with Crippen LogP contribution in [0.15, 0.2) is 30.7 Å². The van der Waals surface area contributed by atoms with Gasteiger partial charge in [0.25, 0.3) is 0 Å². The Hall–Kier alpha value is -1.43. The predicted octanol–water partition coefficient (Wildman–Crippen LogP) is 2.79.